The summed E-state index contributed by atoms with van der Waals surface area (Å²) in [5.74, 6) is -14.1. The van der Waals surface area contributed by atoms with Gasteiger partial charge in [0.2, 0.25) is 0 Å². The second kappa shape index (κ2) is 9.48. The summed E-state index contributed by atoms with van der Waals surface area (Å²) in [6.45, 7) is 1.21. The van der Waals surface area contributed by atoms with Gasteiger partial charge in [0.15, 0.2) is 10.1 Å². The number of alkyl halides is 7. The minimum absolute atomic E-state index is 0.0137. The summed E-state index contributed by atoms with van der Waals surface area (Å²) in [4.78, 5) is 24.9. The quantitative estimate of drug-likeness (QED) is 0.162. The molecule has 0 aromatic carbocycles. The second-order valence-electron chi connectivity index (χ2n) is 6.60. The number of hydrogen-bond donors (Lipinski definition) is 1. The van der Waals surface area contributed by atoms with E-state index in [1.165, 1.54) is 0 Å². The highest BCUT2D eigenvalue weighted by molar-refractivity contribution is 7.86. The van der Waals surface area contributed by atoms with Crippen molar-refractivity contribution in [3.05, 3.63) is 12.2 Å². The molecule has 1 heterocycles. The Kier molecular flexibility index (Phi) is 8.31. The highest BCUT2D eigenvalue weighted by atomic mass is 32.2. The number of nitrogens with zero attached hydrogens (tertiary/aromatic N) is 1. The number of nitrogens with one attached hydrogen (secondary N) is 1. The van der Waals surface area contributed by atoms with E-state index < -0.39 is 63.7 Å². The lowest BCUT2D eigenvalue weighted by molar-refractivity contribution is -0.353. The largest absolute Gasteiger partial charge is 0.743 e. The van der Waals surface area contributed by atoms with Crippen molar-refractivity contribution in [1.82, 2.24) is 10.2 Å². The Balaban J connectivity index is 3.31. The average molecular weight is 503 g/mol. The number of esters is 1. The molecule has 1 aliphatic rings. The summed E-state index contributed by atoms with van der Waals surface area (Å²) in [5.41, 5.74) is -0.648. The van der Waals surface area contributed by atoms with Crippen molar-refractivity contribution in [2.45, 2.75) is 36.5 Å². The topological polar surface area (TPSA) is 125 Å². The first-order valence-electron chi connectivity index (χ1n) is 8.61. The maximum absolute atomic E-state index is 13.9. The Morgan fingerprint density at radius 3 is 2.00 bits per heavy atom. The molecule has 17 heteroatoms. The van der Waals surface area contributed by atoms with E-state index in [0.717, 1.165) is 6.92 Å². The van der Waals surface area contributed by atoms with E-state index in [0.29, 0.717) is 4.90 Å². The summed E-state index contributed by atoms with van der Waals surface area (Å²) in [6, 6.07) is 0. The van der Waals surface area contributed by atoms with Crippen LogP contribution in [0.5, 0.6) is 0 Å². The highest BCUT2D eigenvalue weighted by Crippen LogP contribution is 2.42. The van der Waals surface area contributed by atoms with Crippen LogP contribution in [0.4, 0.5) is 30.7 Å². The molecule has 32 heavy (non-hydrogen) atoms. The molecule has 0 radical (unpaired) electrons. The lowest BCUT2D eigenvalue weighted by atomic mass is 10.1. The van der Waals surface area contributed by atoms with Gasteiger partial charge in [-0.15, -0.1) is 0 Å². The van der Waals surface area contributed by atoms with Crippen molar-refractivity contribution in [1.29, 1.82) is 0 Å². The fourth-order valence-corrected chi connectivity index (χ4v) is 2.81. The third kappa shape index (κ3) is 5.68. The van der Waals surface area contributed by atoms with E-state index in [1.54, 1.807) is 0 Å². The first kappa shape index (κ1) is 28.1. The number of halogens is 7. The molecule has 1 saturated heterocycles. The average Bonchev–Trinajstić information content (AvgIpc) is 2.64. The Morgan fingerprint density at radius 2 is 1.59 bits per heavy atom. The summed E-state index contributed by atoms with van der Waals surface area (Å²) in [5, 5.41) is -3.49. The third-order valence-corrected chi connectivity index (χ3v) is 5.03. The maximum atomic E-state index is 13.9. The number of carbonyl (C=O) groups is 2. The molecular weight excluding hydrogens is 485 g/mol. The van der Waals surface area contributed by atoms with Crippen LogP contribution in [0.1, 0.15) is 13.3 Å². The second-order valence-corrected chi connectivity index (χ2v) is 8.02. The van der Waals surface area contributed by atoms with E-state index in [2.05, 4.69) is 21.4 Å². The molecule has 1 N–H and O–H groups in total. The molecule has 1 atom stereocenters. The zero-order valence-electron chi connectivity index (χ0n) is 16.3. The summed E-state index contributed by atoms with van der Waals surface area (Å²) in [7, 11) is -6.91. The monoisotopic (exact) mass is 503 g/mol. The van der Waals surface area contributed by atoms with Gasteiger partial charge in [-0.2, -0.15) is 30.7 Å². The van der Waals surface area contributed by atoms with Crippen LogP contribution in [0, 0.1) is 0 Å². The Morgan fingerprint density at radius 1 is 1.09 bits per heavy atom. The van der Waals surface area contributed by atoms with Gasteiger partial charge in [-0.25, -0.2) is 13.2 Å². The van der Waals surface area contributed by atoms with Crippen molar-refractivity contribution in [3.63, 3.8) is 0 Å². The van der Waals surface area contributed by atoms with Gasteiger partial charge < -0.3 is 24.2 Å². The van der Waals surface area contributed by atoms with E-state index in [-0.39, 0.29) is 26.2 Å². The van der Waals surface area contributed by atoms with E-state index >= 15 is 0 Å². The van der Waals surface area contributed by atoms with E-state index in [4.69, 9.17) is 0 Å². The molecule has 9 nitrogen and oxygen atoms in total. The molecule has 1 rings (SSSR count). The number of rotatable bonds is 9. The number of piperazine rings is 1. The molecule has 1 amide bonds. The normalized spacial score (nSPS) is 18.1. The van der Waals surface area contributed by atoms with Crippen LogP contribution in [0.2, 0.25) is 0 Å². The van der Waals surface area contributed by atoms with Gasteiger partial charge in [0.05, 0.1) is 6.61 Å². The first-order valence-corrected chi connectivity index (χ1v) is 10.0. The predicted molar refractivity (Wildman–Crippen MR) is 89.3 cm³/mol. The number of amides is 1. The summed E-state index contributed by atoms with van der Waals surface area (Å²) in [6.07, 6.45) is -8.33. The van der Waals surface area contributed by atoms with Crippen LogP contribution in [-0.2, 0) is 29.2 Å². The number of hydrogen-bond acceptors (Lipinski definition) is 8. The Bertz CT molecular complexity index is 842. The smallest absolute Gasteiger partial charge is 0.466 e. The number of carbonyl (C=O) groups excluding carboxylic acids is 2. The molecule has 1 fully saturated rings. The third-order valence-electron chi connectivity index (χ3n) is 4.11. The van der Waals surface area contributed by atoms with E-state index in [9.17, 15) is 53.3 Å². The molecule has 0 saturated carbocycles. The van der Waals surface area contributed by atoms with Gasteiger partial charge in [-0.05, 0) is 6.92 Å². The van der Waals surface area contributed by atoms with Crippen LogP contribution in [0.15, 0.2) is 12.2 Å². The molecule has 1 aliphatic heterocycles. The van der Waals surface area contributed by atoms with Crippen LogP contribution < -0.4 is 5.32 Å². The zero-order valence-corrected chi connectivity index (χ0v) is 17.1. The fourth-order valence-electron chi connectivity index (χ4n) is 2.34. The van der Waals surface area contributed by atoms with Crippen molar-refractivity contribution in [2.24, 2.45) is 0 Å². The van der Waals surface area contributed by atoms with Crippen LogP contribution in [0.25, 0.3) is 0 Å². The minimum Gasteiger partial charge on any atom is -0.743 e. The molecule has 0 aliphatic carbocycles. The molecular formula is C15H18F7N2O7S-. The van der Waals surface area contributed by atoms with Gasteiger partial charge in [-0.1, -0.05) is 6.58 Å². The van der Waals surface area contributed by atoms with Crippen molar-refractivity contribution in [3.8, 4) is 0 Å². The first-order chi connectivity index (χ1) is 14.3. The Hall–Kier alpha value is -1.98. The van der Waals surface area contributed by atoms with E-state index in [1.807, 2.05) is 0 Å². The molecule has 0 aromatic heterocycles. The van der Waals surface area contributed by atoms with Crippen LogP contribution in [-0.4, -0.2) is 85.7 Å². The lowest BCUT2D eigenvalue weighted by Gasteiger charge is -2.38. The molecule has 0 spiro atoms. The SMILES string of the molecule is C=C(C)C(=O)OC(OCCC(F)(F)C(F)(F)S(=O)(=O)[O-])(C(=O)N1CCNCC1)C(F)(F)F. The maximum Gasteiger partial charge on any atom is 0.466 e. The van der Waals surface area contributed by atoms with Gasteiger partial charge >= 0.3 is 35.0 Å². The van der Waals surface area contributed by atoms with Gasteiger partial charge in [0.1, 0.15) is 0 Å². The van der Waals surface area contributed by atoms with Crippen LogP contribution >= 0.6 is 0 Å². The number of ether oxygens (including phenoxy) is 2. The molecule has 186 valence electrons. The van der Waals surface area contributed by atoms with Gasteiger partial charge in [0, 0.05) is 38.2 Å². The van der Waals surface area contributed by atoms with Crippen molar-refractivity contribution >= 4 is 22.0 Å². The minimum atomic E-state index is -6.91. The molecule has 0 aromatic rings. The molecule has 0 bridgehead atoms. The van der Waals surface area contributed by atoms with Crippen molar-refractivity contribution in [2.75, 3.05) is 32.8 Å². The van der Waals surface area contributed by atoms with Gasteiger partial charge in [-0.3, -0.25) is 4.79 Å². The zero-order chi connectivity index (χ0) is 25.2. The molecule has 1 unspecified atom stereocenters. The van der Waals surface area contributed by atoms with Gasteiger partial charge in [0.25, 0.3) is 0 Å². The van der Waals surface area contributed by atoms with Crippen molar-refractivity contribution < 1.29 is 62.8 Å². The standard InChI is InChI=1S/C15H19F7N2O7S/c1-9(2)10(25)31-13(14(18,19)20,11(26)24-6-4-23-5-7-24)30-8-3-12(16,17)15(21,22)32(27,28)29/h23H,1,3-8H2,2H3,(H,27,28,29)/p-1. The summed E-state index contributed by atoms with van der Waals surface area (Å²) >= 11 is 0. The Labute approximate surface area is 177 Å². The highest BCUT2D eigenvalue weighted by Gasteiger charge is 2.68. The lowest BCUT2D eigenvalue weighted by Crippen LogP contribution is -2.64. The van der Waals surface area contributed by atoms with Crippen LogP contribution in [0.3, 0.4) is 0 Å². The summed E-state index contributed by atoms with van der Waals surface area (Å²) < 4.78 is 135. The predicted octanol–water partition coefficient (Wildman–Crippen LogP) is 0.976. The fraction of sp³-hybridized carbons (Fsp3) is 0.733.